The Morgan fingerprint density at radius 2 is 1.80 bits per heavy atom. The van der Waals surface area contributed by atoms with E-state index in [9.17, 15) is 23.1 Å². The molecule has 0 bridgehead atoms. The molecule has 0 spiro atoms. The molecule has 8 heteroatoms. The largest absolute Gasteiger partial charge is 0.443 e. The maximum atomic E-state index is 12.6. The number of hydrogen-bond donors (Lipinski definition) is 2. The Balaban J connectivity index is 2.50. The number of hydrazone groups is 1. The van der Waals surface area contributed by atoms with Gasteiger partial charge in [0.1, 0.15) is 5.60 Å². The van der Waals surface area contributed by atoms with Crippen molar-refractivity contribution in [3.63, 3.8) is 0 Å². The van der Waals surface area contributed by atoms with E-state index in [-0.39, 0.29) is 12.8 Å². The number of nitrogens with one attached hydrogen (secondary N) is 1. The molecular formula is C12H19F3N2O3. The Kier molecular flexibility index (Phi) is 4.68. The maximum Gasteiger partial charge on any atom is 0.428 e. The standard InChI is InChI=1S/C12H19F3N2O3/c1-10(2,3)20-9(18)17-16-8-4-6-11(19,7-5-8)12(13,14)15/h19H,4-7H2,1-3H3,(H,17,18). The summed E-state index contributed by atoms with van der Waals surface area (Å²) in [4.78, 5) is 11.3. The van der Waals surface area contributed by atoms with E-state index in [0.717, 1.165) is 0 Å². The quantitative estimate of drug-likeness (QED) is 0.731. The first-order chi connectivity index (χ1) is 8.93. The van der Waals surface area contributed by atoms with Crippen LogP contribution in [0.5, 0.6) is 0 Å². The molecule has 1 aliphatic carbocycles. The molecule has 0 saturated heterocycles. The fourth-order valence-corrected chi connectivity index (χ4v) is 1.77. The summed E-state index contributed by atoms with van der Waals surface area (Å²) in [7, 11) is 0. The second kappa shape index (κ2) is 5.59. The number of alkyl halides is 3. The molecule has 20 heavy (non-hydrogen) atoms. The van der Waals surface area contributed by atoms with Gasteiger partial charge in [0.05, 0.1) is 0 Å². The molecule has 0 radical (unpaired) electrons. The first kappa shape index (κ1) is 16.7. The Morgan fingerprint density at radius 3 is 2.20 bits per heavy atom. The predicted molar refractivity (Wildman–Crippen MR) is 66.3 cm³/mol. The number of rotatable bonds is 1. The summed E-state index contributed by atoms with van der Waals surface area (Å²) in [5.74, 6) is 0. The van der Waals surface area contributed by atoms with E-state index < -0.39 is 36.3 Å². The Bertz CT molecular complexity index is 390. The molecule has 0 unspecified atom stereocenters. The summed E-state index contributed by atoms with van der Waals surface area (Å²) in [6.07, 6.45) is -6.35. The highest BCUT2D eigenvalue weighted by Gasteiger charge is 2.54. The molecule has 0 aromatic heterocycles. The molecule has 116 valence electrons. The molecule has 1 amide bonds. The first-order valence-electron chi connectivity index (χ1n) is 6.26. The van der Waals surface area contributed by atoms with Gasteiger partial charge in [0.2, 0.25) is 0 Å². The first-order valence-corrected chi connectivity index (χ1v) is 6.26. The lowest BCUT2D eigenvalue weighted by Crippen LogP contribution is -2.48. The summed E-state index contributed by atoms with van der Waals surface area (Å²) in [6, 6.07) is 0. The molecule has 0 aromatic carbocycles. The highest BCUT2D eigenvalue weighted by atomic mass is 19.4. The molecule has 0 atom stereocenters. The van der Waals surface area contributed by atoms with Crippen molar-refractivity contribution in [1.29, 1.82) is 0 Å². The molecule has 0 heterocycles. The number of carbonyl (C=O) groups excluding carboxylic acids is 1. The van der Waals surface area contributed by atoms with E-state index in [4.69, 9.17) is 4.74 Å². The number of amides is 1. The lowest BCUT2D eigenvalue weighted by atomic mass is 9.83. The number of halogens is 3. The van der Waals surface area contributed by atoms with Gasteiger partial charge >= 0.3 is 12.3 Å². The van der Waals surface area contributed by atoms with Crippen LogP contribution in [0.3, 0.4) is 0 Å². The monoisotopic (exact) mass is 296 g/mol. The van der Waals surface area contributed by atoms with Crippen LogP contribution in [-0.4, -0.2) is 34.3 Å². The molecule has 1 fully saturated rings. The van der Waals surface area contributed by atoms with Crippen LogP contribution in [-0.2, 0) is 4.74 Å². The number of hydrogen-bond acceptors (Lipinski definition) is 4. The van der Waals surface area contributed by atoms with Gasteiger partial charge in [-0.1, -0.05) is 0 Å². The summed E-state index contributed by atoms with van der Waals surface area (Å²) in [5, 5.41) is 13.2. The average molecular weight is 296 g/mol. The number of carbonyl (C=O) groups is 1. The van der Waals surface area contributed by atoms with Crippen LogP contribution < -0.4 is 5.43 Å². The third-order valence-electron chi connectivity index (χ3n) is 2.89. The molecule has 5 nitrogen and oxygen atoms in total. The number of nitrogens with zero attached hydrogens (tertiary/aromatic N) is 1. The van der Waals surface area contributed by atoms with E-state index in [1.807, 2.05) is 0 Å². The fourth-order valence-electron chi connectivity index (χ4n) is 1.77. The Morgan fingerprint density at radius 1 is 1.30 bits per heavy atom. The molecule has 1 rings (SSSR count). The zero-order valence-electron chi connectivity index (χ0n) is 11.7. The van der Waals surface area contributed by atoms with Gasteiger partial charge in [-0.2, -0.15) is 18.3 Å². The molecule has 1 saturated carbocycles. The van der Waals surface area contributed by atoms with Gasteiger partial charge in [-0.05, 0) is 46.5 Å². The normalized spacial score (nSPS) is 24.2. The van der Waals surface area contributed by atoms with Crippen molar-refractivity contribution in [2.24, 2.45) is 5.10 Å². The highest BCUT2D eigenvalue weighted by Crippen LogP contribution is 2.40. The second-order valence-corrected chi connectivity index (χ2v) is 5.82. The van der Waals surface area contributed by atoms with Crippen LogP contribution in [0, 0.1) is 0 Å². The summed E-state index contributed by atoms with van der Waals surface area (Å²) in [6.45, 7) is 5.05. The van der Waals surface area contributed by atoms with Crippen molar-refractivity contribution in [1.82, 2.24) is 5.43 Å². The van der Waals surface area contributed by atoms with E-state index in [1.165, 1.54) is 0 Å². The van der Waals surface area contributed by atoms with Crippen molar-refractivity contribution < 1.29 is 27.8 Å². The Hall–Kier alpha value is -1.31. The third kappa shape index (κ3) is 4.66. The maximum absolute atomic E-state index is 12.6. The number of ether oxygens (including phenoxy) is 1. The summed E-state index contributed by atoms with van der Waals surface area (Å²) in [5.41, 5.74) is -0.782. The van der Waals surface area contributed by atoms with Gasteiger partial charge in [-0.25, -0.2) is 10.2 Å². The summed E-state index contributed by atoms with van der Waals surface area (Å²) >= 11 is 0. The van der Waals surface area contributed by atoms with Crippen LogP contribution in [0.4, 0.5) is 18.0 Å². The van der Waals surface area contributed by atoms with Crippen LogP contribution >= 0.6 is 0 Å². The fraction of sp³-hybridized carbons (Fsp3) is 0.833. The smallest absolute Gasteiger partial charge is 0.428 e. The van der Waals surface area contributed by atoms with E-state index in [0.29, 0.717) is 5.71 Å². The minimum atomic E-state index is -4.64. The molecular weight excluding hydrogens is 277 g/mol. The zero-order valence-corrected chi connectivity index (χ0v) is 11.7. The van der Waals surface area contributed by atoms with Crippen molar-refractivity contribution in [2.75, 3.05) is 0 Å². The lowest BCUT2D eigenvalue weighted by Gasteiger charge is -2.34. The van der Waals surface area contributed by atoms with Crippen LogP contribution in [0.1, 0.15) is 46.5 Å². The van der Waals surface area contributed by atoms with Crippen molar-refractivity contribution in [2.45, 2.75) is 63.8 Å². The van der Waals surface area contributed by atoms with Gasteiger partial charge in [0.15, 0.2) is 5.60 Å². The SMILES string of the molecule is CC(C)(C)OC(=O)NN=C1CCC(O)(C(F)(F)F)CC1. The average Bonchev–Trinajstić information content (AvgIpc) is 2.24. The van der Waals surface area contributed by atoms with Crippen molar-refractivity contribution >= 4 is 11.8 Å². The Labute approximate surface area is 115 Å². The zero-order chi connectivity index (χ0) is 15.6. The third-order valence-corrected chi connectivity index (χ3v) is 2.89. The topological polar surface area (TPSA) is 70.9 Å². The van der Waals surface area contributed by atoms with E-state index >= 15 is 0 Å². The van der Waals surface area contributed by atoms with Crippen molar-refractivity contribution in [3.8, 4) is 0 Å². The lowest BCUT2D eigenvalue weighted by molar-refractivity contribution is -0.265. The van der Waals surface area contributed by atoms with Gasteiger partial charge in [-0.3, -0.25) is 0 Å². The molecule has 0 aliphatic heterocycles. The number of aliphatic hydroxyl groups is 1. The van der Waals surface area contributed by atoms with Gasteiger partial charge in [-0.15, -0.1) is 0 Å². The predicted octanol–water partition coefficient (Wildman–Crippen LogP) is 2.73. The van der Waals surface area contributed by atoms with E-state index in [2.05, 4.69) is 10.5 Å². The molecule has 1 aliphatic rings. The summed E-state index contributed by atoms with van der Waals surface area (Å²) < 4.78 is 42.7. The minimum Gasteiger partial charge on any atom is -0.443 e. The van der Waals surface area contributed by atoms with Crippen molar-refractivity contribution in [3.05, 3.63) is 0 Å². The molecule has 2 N–H and O–H groups in total. The van der Waals surface area contributed by atoms with Gasteiger partial charge < -0.3 is 9.84 Å². The van der Waals surface area contributed by atoms with Gasteiger partial charge in [0, 0.05) is 5.71 Å². The van der Waals surface area contributed by atoms with Crippen LogP contribution in [0.25, 0.3) is 0 Å². The van der Waals surface area contributed by atoms with E-state index in [1.54, 1.807) is 20.8 Å². The minimum absolute atomic E-state index is 0.0220. The van der Waals surface area contributed by atoms with Crippen LogP contribution in [0.2, 0.25) is 0 Å². The molecule has 0 aromatic rings. The second-order valence-electron chi connectivity index (χ2n) is 5.82. The van der Waals surface area contributed by atoms with Gasteiger partial charge in [0.25, 0.3) is 0 Å². The van der Waals surface area contributed by atoms with Crippen LogP contribution in [0.15, 0.2) is 5.10 Å². The highest BCUT2D eigenvalue weighted by molar-refractivity contribution is 5.86.